The molecule has 1 aliphatic heterocycles. The van der Waals surface area contributed by atoms with Gasteiger partial charge in [0.15, 0.2) is 0 Å². The van der Waals surface area contributed by atoms with E-state index in [9.17, 15) is 4.79 Å². The minimum absolute atomic E-state index is 0.0396. The Morgan fingerprint density at radius 1 is 1.47 bits per heavy atom. The van der Waals surface area contributed by atoms with Crippen LogP contribution in [0.5, 0.6) is 11.5 Å². The molecule has 2 rings (SSSR count). The van der Waals surface area contributed by atoms with E-state index in [1.54, 1.807) is 7.05 Å². The first-order valence-electron chi connectivity index (χ1n) is 6.52. The second-order valence-electron chi connectivity index (χ2n) is 4.48. The van der Waals surface area contributed by atoms with Crippen LogP contribution in [0, 0.1) is 0 Å². The van der Waals surface area contributed by atoms with E-state index in [0.29, 0.717) is 26.1 Å². The van der Waals surface area contributed by atoms with Gasteiger partial charge in [0.25, 0.3) is 0 Å². The standard InChI is InChI=1S/C14H20N2O3/c1-15-12-9-19-13-8-10(5-6-11(12)13)18-7-3-4-14(17)16-2/h5-6,8,12,15H,3-4,7,9H2,1-2H3,(H,16,17). The predicted octanol–water partition coefficient (Wildman–Crippen LogP) is 1.24. The molecule has 1 atom stereocenters. The van der Waals surface area contributed by atoms with E-state index in [0.717, 1.165) is 11.5 Å². The summed E-state index contributed by atoms with van der Waals surface area (Å²) in [6.07, 6.45) is 1.19. The number of fused-ring (bicyclic) bond motifs is 1. The number of carbonyl (C=O) groups excluding carboxylic acids is 1. The van der Waals surface area contributed by atoms with Crippen LogP contribution in [0.15, 0.2) is 18.2 Å². The van der Waals surface area contributed by atoms with Crippen LogP contribution < -0.4 is 20.1 Å². The highest BCUT2D eigenvalue weighted by atomic mass is 16.5. The summed E-state index contributed by atoms with van der Waals surface area (Å²) in [4.78, 5) is 11.1. The Morgan fingerprint density at radius 3 is 3.05 bits per heavy atom. The molecule has 1 aromatic rings. The number of amides is 1. The van der Waals surface area contributed by atoms with Gasteiger partial charge in [0.2, 0.25) is 5.91 Å². The zero-order valence-corrected chi connectivity index (χ0v) is 11.4. The molecule has 104 valence electrons. The first kappa shape index (κ1) is 13.7. The predicted molar refractivity (Wildman–Crippen MR) is 72.5 cm³/mol. The van der Waals surface area contributed by atoms with E-state index in [2.05, 4.69) is 10.6 Å². The SMILES string of the molecule is CNC(=O)CCCOc1ccc2c(c1)OCC2NC. The van der Waals surface area contributed by atoms with Crippen molar-refractivity contribution in [3.63, 3.8) is 0 Å². The molecule has 0 bridgehead atoms. The van der Waals surface area contributed by atoms with Crippen LogP contribution in [0.2, 0.25) is 0 Å². The Balaban J connectivity index is 1.84. The van der Waals surface area contributed by atoms with E-state index in [4.69, 9.17) is 9.47 Å². The maximum absolute atomic E-state index is 11.1. The summed E-state index contributed by atoms with van der Waals surface area (Å²) in [7, 11) is 3.56. The fourth-order valence-corrected chi connectivity index (χ4v) is 2.07. The highest BCUT2D eigenvalue weighted by Crippen LogP contribution is 2.34. The largest absolute Gasteiger partial charge is 0.493 e. The molecule has 1 amide bonds. The molecule has 19 heavy (non-hydrogen) atoms. The van der Waals surface area contributed by atoms with Crippen molar-refractivity contribution in [2.24, 2.45) is 0 Å². The van der Waals surface area contributed by atoms with Gasteiger partial charge in [0.05, 0.1) is 12.6 Å². The highest BCUT2D eigenvalue weighted by Gasteiger charge is 2.22. The van der Waals surface area contributed by atoms with Crippen LogP contribution in [0.1, 0.15) is 24.4 Å². The van der Waals surface area contributed by atoms with Crippen LogP contribution >= 0.6 is 0 Å². The Bertz CT molecular complexity index is 448. The number of likely N-dealkylation sites (N-methyl/N-ethyl adjacent to an activating group) is 1. The molecule has 1 heterocycles. The van der Waals surface area contributed by atoms with Crippen molar-refractivity contribution < 1.29 is 14.3 Å². The third kappa shape index (κ3) is 3.38. The van der Waals surface area contributed by atoms with Gasteiger partial charge in [-0.3, -0.25) is 4.79 Å². The third-order valence-corrected chi connectivity index (χ3v) is 3.21. The molecule has 0 aliphatic carbocycles. The van der Waals surface area contributed by atoms with Gasteiger partial charge in [0.1, 0.15) is 18.1 Å². The molecular formula is C14H20N2O3. The van der Waals surface area contributed by atoms with Crippen molar-refractivity contribution in [2.45, 2.75) is 18.9 Å². The highest BCUT2D eigenvalue weighted by molar-refractivity contribution is 5.75. The van der Waals surface area contributed by atoms with E-state index >= 15 is 0 Å². The van der Waals surface area contributed by atoms with Crippen LogP contribution in [-0.2, 0) is 4.79 Å². The summed E-state index contributed by atoms with van der Waals surface area (Å²) in [6.45, 7) is 1.19. The number of rotatable bonds is 6. The maximum atomic E-state index is 11.1. The quantitative estimate of drug-likeness (QED) is 0.759. The number of benzene rings is 1. The molecule has 2 N–H and O–H groups in total. The van der Waals surface area contributed by atoms with Gasteiger partial charge in [0, 0.05) is 25.1 Å². The second kappa shape index (κ2) is 6.43. The van der Waals surface area contributed by atoms with Crippen molar-refractivity contribution in [3.8, 4) is 11.5 Å². The van der Waals surface area contributed by atoms with E-state index in [1.165, 1.54) is 5.56 Å². The summed E-state index contributed by atoms with van der Waals surface area (Å²) in [5.74, 6) is 1.70. The summed E-state index contributed by atoms with van der Waals surface area (Å²) < 4.78 is 11.2. The summed E-state index contributed by atoms with van der Waals surface area (Å²) >= 11 is 0. The molecular weight excluding hydrogens is 244 g/mol. The van der Waals surface area contributed by atoms with Crippen molar-refractivity contribution in [1.29, 1.82) is 0 Å². The fourth-order valence-electron chi connectivity index (χ4n) is 2.07. The van der Waals surface area contributed by atoms with Crippen LogP contribution in [0.4, 0.5) is 0 Å². The number of hydrogen-bond donors (Lipinski definition) is 2. The van der Waals surface area contributed by atoms with E-state index in [-0.39, 0.29) is 11.9 Å². The number of ether oxygens (including phenoxy) is 2. The Labute approximate surface area is 113 Å². The molecule has 1 aliphatic rings. The Morgan fingerprint density at radius 2 is 2.32 bits per heavy atom. The zero-order chi connectivity index (χ0) is 13.7. The van der Waals surface area contributed by atoms with Crippen LogP contribution in [0.25, 0.3) is 0 Å². The van der Waals surface area contributed by atoms with Gasteiger partial charge in [-0.2, -0.15) is 0 Å². The van der Waals surface area contributed by atoms with Gasteiger partial charge in [-0.15, -0.1) is 0 Å². The molecule has 5 nitrogen and oxygen atoms in total. The van der Waals surface area contributed by atoms with Crippen molar-refractivity contribution >= 4 is 5.91 Å². The van der Waals surface area contributed by atoms with Crippen molar-refractivity contribution in [1.82, 2.24) is 10.6 Å². The molecule has 1 aromatic carbocycles. The van der Waals surface area contributed by atoms with Crippen molar-refractivity contribution in [2.75, 3.05) is 27.3 Å². The molecule has 1 unspecified atom stereocenters. The lowest BCUT2D eigenvalue weighted by atomic mass is 10.1. The monoisotopic (exact) mass is 264 g/mol. The average Bonchev–Trinajstić information content (AvgIpc) is 2.85. The number of hydrogen-bond acceptors (Lipinski definition) is 4. The zero-order valence-electron chi connectivity index (χ0n) is 11.4. The van der Waals surface area contributed by atoms with Gasteiger partial charge in [-0.05, 0) is 25.6 Å². The van der Waals surface area contributed by atoms with Crippen LogP contribution in [-0.4, -0.2) is 33.2 Å². The molecule has 0 aromatic heterocycles. The minimum atomic E-state index is 0.0396. The lowest BCUT2D eigenvalue weighted by Crippen LogP contribution is -2.18. The molecule has 0 saturated heterocycles. The second-order valence-corrected chi connectivity index (χ2v) is 4.48. The average molecular weight is 264 g/mol. The lowest BCUT2D eigenvalue weighted by Gasteiger charge is -2.09. The van der Waals surface area contributed by atoms with E-state index < -0.39 is 0 Å². The first-order valence-corrected chi connectivity index (χ1v) is 6.52. The first-order chi connectivity index (χ1) is 9.24. The Hall–Kier alpha value is -1.75. The normalized spacial score (nSPS) is 16.6. The molecule has 0 fully saturated rings. The Kier molecular flexibility index (Phi) is 4.63. The maximum Gasteiger partial charge on any atom is 0.219 e. The summed E-state index contributed by atoms with van der Waals surface area (Å²) in [6, 6.07) is 6.14. The van der Waals surface area contributed by atoms with Gasteiger partial charge >= 0.3 is 0 Å². The van der Waals surface area contributed by atoms with Gasteiger partial charge in [-0.1, -0.05) is 0 Å². The smallest absolute Gasteiger partial charge is 0.219 e. The molecule has 0 radical (unpaired) electrons. The van der Waals surface area contributed by atoms with Crippen molar-refractivity contribution in [3.05, 3.63) is 23.8 Å². The van der Waals surface area contributed by atoms with Gasteiger partial charge in [-0.25, -0.2) is 0 Å². The summed E-state index contributed by atoms with van der Waals surface area (Å²) in [5.41, 5.74) is 1.17. The number of carbonyl (C=O) groups is 1. The fraction of sp³-hybridized carbons (Fsp3) is 0.500. The minimum Gasteiger partial charge on any atom is -0.493 e. The van der Waals surface area contributed by atoms with E-state index in [1.807, 2.05) is 25.2 Å². The molecule has 0 saturated carbocycles. The van der Waals surface area contributed by atoms with Gasteiger partial charge < -0.3 is 20.1 Å². The third-order valence-electron chi connectivity index (χ3n) is 3.21. The van der Waals surface area contributed by atoms with Crippen LogP contribution in [0.3, 0.4) is 0 Å². The topological polar surface area (TPSA) is 59.6 Å². The molecule has 0 spiro atoms. The number of nitrogens with one attached hydrogen (secondary N) is 2. The lowest BCUT2D eigenvalue weighted by molar-refractivity contribution is -0.120. The molecule has 5 heteroatoms. The summed E-state index contributed by atoms with van der Waals surface area (Å²) in [5, 5.41) is 5.79.